The van der Waals surface area contributed by atoms with Crippen LogP contribution in [0.5, 0.6) is 17.2 Å². The van der Waals surface area contributed by atoms with Crippen LogP contribution in [0, 0.1) is 20.8 Å². The second-order valence-corrected chi connectivity index (χ2v) is 15.1. The number of rotatable bonds is 5. The van der Waals surface area contributed by atoms with Crippen LogP contribution in [0.4, 0.5) is 0 Å². The number of benzene rings is 3. The highest BCUT2D eigenvalue weighted by molar-refractivity contribution is 5.53. The number of aryl methyl sites for hydroxylation is 3. The van der Waals surface area contributed by atoms with E-state index in [2.05, 4.69) is 108 Å². The third-order valence-electron chi connectivity index (χ3n) is 8.45. The predicted molar refractivity (Wildman–Crippen MR) is 170 cm³/mol. The molecule has 0 fully saturated rings. The molecule has 0 spiro atoms. The van der Waals surface area contributed by atoms with E-state index in [0.717, 1.165) is 39.8 Å². The van der Waals surface area contributed by atoms with Gasteiger partial charge in [-0.05, 0) is 118 Å². The molecule has 3 rings (SSSR count). The van der Waals surface area contributed by atoms with Crippen molar-refractivity contribution in [3.63, 3.8) is 0 Å². The molecule has 0 aliphatic carbocycles. The minimum absolute atomic E-state index is 0.0460. The van der Waals surface area contributed by atoms with Gasteiger partial charge in [0.25, 0.3) is 0 Å². The lowest BCUT2D eigenvalue weighted by atomic mass is 9.74. The maximum Gasteiger partial charge on any atom is 0.119 e. The summed E-state index contributed by atoms with van der Waals surface area (Å²) in [7, 11) is 0. The van der Waals surface area contributed by atoms with Crippen molar-refractivity contribution in [2.75, 3.05) is 0 Å². The molecule has 3 heteroatoms. The molecule has 3 aromatic rings. The van der Waals surface area contributed by atoms with Crippen molar-refractivity contribution in [1.82, 2.24) is 0 Å². The third-order valence-corrected chi connectivity index (χ3v) is 8.45. The zero-order valence-corrected chi connectivity index (χ0v) is 27.2. The molecule has 0 radical (unpaired) electrons. The Hall–Kier alpha value is -2.94. The van der Waals surface area contributed by atoms with Crippen LogP contribution in [0.15, 0.2) is 36.4 Å². The molecule has 0 amide bonds. The Bertz CT molecular complexity index is 1320. The molecule has 0 heterocycles. The van der Waals surface area contributed by atoms with E-state index in [0.29, 0.717) is 17.2 Å². The van der Waals surface area contributed by atoms with Gasteiger partial charge in [-0.2, -0.15) is 0 Å². The zero-order chi connectivity index (χ0) is 30.5. The Balaban J connectivity index is 2.30. The Morgan fingerprint density at radius 2 is 0.775 bits per heavy atom. The molecule has 0 bridgehead atoms. The standard InChI is InChI=1S/C37H52O3/c1-21(25-18-29(35(5,6)7)32(38)15-22(25)2)14-28(26-19-30(36(8,9)10)33(39)16-23(26)3)27-20-31(37(11,12)13)34(40)17-24(27)4/h15-21,28,38-40H,14H2,1-13H3/t21-/m0/s1. The minimum Gasteiger partial charge on any atom is -0.508 e. The van der Waals surface area contributed by atoms with Crippen LogP contribution in [0.3, 0.4) is 0 Å². The van der Waals surface area contributed by atoms with E-state index >= 15 is 0 Å². The quantitative estimate of drug-likeness (QED) is 0.299. The van der Waals surface area contributed by atoms with Crippen LogP contribution in [-0.2, 0) is 16.2 Å². The average Bonchev–Trinajstić information content (AvgIpc) is 2.75. The van der Waals surface area contributed by atoms with Gasteiger partial charge in [-0.15, -0.1) is 0 Å². The van der Waals surface area contributed by atoms with E-state index in [9.17, 15) is 15.3 Å². The van der Waals surface area contributed by atoms with E-state index in [-0.39, 0.29) is 28.1 Å². The number of aromatic hydroxyl groups is 3. The molecule has 0 aromatic heterocycles. The molecule has 0 saturated heterocycles. The Morgan fingerprint density at radius 3 is 1.07 bits per heavy atom. The second-order valence-electron chi connectivity index (χ2n) is 15.1. The van der Waals surface area contributed by atoms with E-state index in [1.165, 1.54) is 16.7 Å². The van der Waals surface area contributed by atoms with Crippen LogP contribution in [-0.4, -0.2) is 15.3 Å². The van der Waals surface area contributed by atoms with Gasteiger partial charge in [0.2, 0.25) is 0 Å². The topological polar surface area (TPSA) is 60.7 Å². The normalized spacial score (nSPS) is 13.7. The molecule has 3 aromatic carbocycles. The minimum atomic E-state index is -0.210. The number of phenolic OH excluding ortho intramolecular Hbond substituents is 3. The molecule has 0 unspecified atom stereocenters. The summed E-state index contributed by atoms with van der Waals surface area (Å²) in [5, 5.41) is 32.6. The molecule has 3 N–H and O–H groups in total. The smallest absolute Gasteiger partial charge is 0.119 e. The Kier molecular flexibility index (Phi) is 8.53. The summed E-state index contributed by atoms with van der Waals surface area (Å²) in [5.74, 6) is 1.27. The highest BCUT2D eigenvalue weighted by atomic mass is 16.3. The highest BCUT2D eigenvalue weighted by Crippen LogP contribution is 2.45. The van der Waals surface area contributed by atoms with Gasteiger partial charge >= 0.3 is 0 Å². The van der Waals surface area contributed by atoms with Crippen molar-refractivity contribution in [2.24, 2.45) is 0 Å². The molecule has 1 atom stereocenters. The van der Waals surface area contributed by atoms with Crippen LogP contribution in [0.2, 0.25) is 0 Å². The predicted octanol–water partition coefficient (Wildman–Crippen LogP) is 9.95. The fourth-order valence-electron chi connectivity index (χ4n) is 6.11. The lowest BCUT2D eigenvalue weighted by Gasteiger charge is -2.31. The fraction of sp³-hybridized carbons (Fsp3) is 0.514. The van der Waals surface area contributed by atoms with Gasteiger partial charge in [-0.25, -0.2) is 0 Å². The maximum atomic E-state index is 10.9. The molecule has 0 aliphatic heterocycles. The maximum absolute atomic E-state index is 10.9. The first-order valence-electron chi connectivity index (χ1n) is 14.6. The second kappa shape index (κ2) is 10.8. The van der Waals surface area contributed by atoms with Crippen LogP contribution < -0.4 is 0 Å². The third kappa shape index (κ3) is 6.51. The van der Waals surface area contributed by atoms with E-state index in [4.69, 9.17) is 0 Å². The first-order chi connectivity index (χ1) is 18.1. The van der Waals surface area contributed by atoms with Crippen molar-refractivity contribution in [3.8, 4) is 17.2 Å². The lowest BCUT2D eigenvalue weighted by Crippen LogP contribution is -2.17. The summed E-state index contributed by atoms with van der Waals surface area (Å²) >= 11 is 0. The molecular formula is C37H52O3. The fourth-order valence-corrected chi connectivity index (χ4v) is 6.11. The summed E-state index contributed by atoms with van der Waals surface area (Å²) in [6.45, 7) is 27.7. The summed E-state index contributed by atoms with van der Waals surface area (Å²) in [6, 6.07) is 12.3. The number of phenols is 3. The van der Waals surface area contributed by atoms with Crippen LogP contribution >= 0.6 is 0 Å². The van der Waals surface area contributed by atoms with Gasteiger partial charge in [0.05, 0.1) is 0 Å². The molecule has 0 aliphatic rings. The van der Waals surface area contributed by atoms with Gasteiger partial charge in [-0.1, -0.05) is 87.4 Å². The lowest BCUT2D eigenvalue weighted by molar-refractivity contribution is 0.444. The first kappa shape index (κ1) is 31.6. The average molecular weight is 545 g/mol. The molecule has 0 saturated carbocycles. The summed E-state index contributed by atoms with van der Waals surface area (Å²) in [6.07, 6.45) is 0.847. The Morgan fingerprint density at radius 1 is 0.500 bits per heavy atom. The summed E-state index contributed by atoms with van der Waals surface area (Å²) in [4.78, 5) is 0. The summed E-state index contributed by atoms with van der Waals surface area (Å²) < 4.78 is 0. The zero-order valence-electron chi connectivity index (χ0n) is 27.2. The van der Waals surface area contributed by atoms with E-state index in [1.54, 1.807) is 0 Å². The van der Waals surface area contributed by atoms with Crippen LogP contribution in [0.25, 0.3) is 0 Å². The number of hydrogen-bond acceptors (Lipinski definition) is 3. The van der Waals surface area contributed by atoms with E-state index in [1.807, 2.05) is 18.2 Å². The first-order valence-corrected chi connectivity index (χ1v) is 14.6. The Labute approximate surface area is 243 Å². The van der Waals surface area contributed by atoms with Gasteiger partial charge in [0.15, 0.2) is 0 Å². The van der Waals surface area contributed by atoms with E-state index < -0.39 is 0 Å². The van der Waals surface area contributed by atoms with Crippen molar-refractivity contribution >= 4 is 0 Å². The molecule has 40 heavy (non-hydrogen) atoms. The van der Waals surface area contributed by atoms with Crippen LogP contribution in [0.1, 0.15) is 138 Å². The van der Waals surface area contributed by atoms with Crippen molar-refractivity contribution in [2.45, 2.75) is 125 Å². The molecule has 218 valence electrons. The van der Waals surface area contributed by atoms with Gasteiger partial charge < -0.3 is 15.3 Å². The number of hydrogen-bond donors (Lipinski definition) is 3. The summed E-state index contributed by atoms with van der Waals surface area (Å²) in [5.41, 5.74) is 9.11. The van der Waals surface area contributed by atoms with Crippen molar-refractivity contribution in [3.05, 3.63) is 86.5 Å². The monoisotopic (exact) mass is 544 g/mol. The molecular weight excluding hydrogens is 492 g/mol. The van der Waals surface area contributed by atoms with Crippen molar-refractivity contribution in [1.29, 1.82) is 0 Å². The highest BCUT2D eigenvalue weighted by Gasteiger charge is 2.29. The largest absolute Gasteiger partial charge is 0.508 e. The van der Waals surface area contributed by atoms with Gasteiger partial charge in [0, 0.05) is 5.92 Å². The van der Waals surface area contributed by atoms with Gasteiger partial charge in [-0.3, -0.25) is 0 Å². The van der Waals surface area contributed by atoms with Gasteiger partial charge in [0.1, 0.15) is 17.2 Å². The molecule has 3 nitrogen and oxygen atoms in total. The van der Waals surface area contributed by atoms with Crippen molar-refractivity contribution < 1.29 is 15.3 Å². The SMILES string of the molecule is Cc1cc(O)c(C(C)(C)C)cc1C(C[C@H](C)c1cc(C(C)(C)C)c(O)cc1C)c1cc(C(C)(C)C)c(O)cc1C.